The average molecular weight is 306 g/mol. The van der Waals surface area contributed by atoms with E-state index >= 15 is 0 Å². The number of benzene rings is 1. The van der Waals surface area contributed by atoms with Gasteiger partial charge >= 0.3 is 5.97 Å². The standard InChI is InChI=1S/C12H13Cl2NO4/c1-15(4-10(16)17)9-5-19-12-7(11(9)18)2-6(13)3-8(12)14/h2-3,9,11,18H,4-5H2,1H3,(H,16,17). The number of hydrogen-bond donors (Lipinski definition) is 2. The van der Waals surface area contributed by atoms with E-state index in [9.17, 15) is 9.90 Å². The number of hydrogen-bond acceptors (Lipinski definition) is 4. The van der Waals surface area contributed by atoms with E-state index in [-0.39, 0.29) is 13.2 Å². The fourth-order valence-electron chi connectivity index (χ4n) is 2.12. The molecule has 2 unspecified atom stereocenters. The molecular weight excluding hydrogens is 293 g/mol. The number of carbonyl (C=O) groups is 1. The number of ether oxygens (including phenoxy) is 1. The van der Waals surface area contributed by atoms with Crippen LogP contribution in [0.2, 0.25) is 10.0 Å². The van der Waals surface area contributed by atoms with E-state index in [1.165, 1.54) is 11.0 Å². The summed E-state index contributed by atoms with van der Waals surface area (Å²) in [6.07, 6.45) is -0.899. The molecule has 0 saturated heterocycles. The number of aliphatic carboxylic acids is 1. The molecule has 19 heavy (non-hydrogen) atoms. The second-order valence-electron chi connectivity index (χ2n) is 4.44. The third-order valence-electron chi connectivity index (χ3n) is 3.07. The molecule has 5 nitrogen and oxygen atoms in total. The van der Waals surface area contributed by atoms with Gasteiger partial charge in [-0.25, -0.2) is 0 Å². The summed E-state index contributed by atoms with van der Waals surface area (Å²) in [4.78, 5) is 12.2. The van der Waals surface area contributed by atoms with E-state index in [2.05, 4.69) is 0 Å². The molecule has 104 valence electrons. The Labute approximate surface area is 120 Å². The fraction of sp³-hybridized carbons (Fsp3) is 0.417. The normalized spacial score (nSPS) is 21.9. The van der Waals surface area contributed by atoms with Gasteiger partial charge in [0.15, 0.2) is 0 Å². The minimum atomic E-state index is -0.968. The highest BCUT2D eigenvalue weighted by atomic mass is 35.5. The van der Waals surface area contributed by atoms with Gasteiger partial charge in [-0.05, 0) is 19.2 Å². The predicted molar refractivity (Wildman–Crippen MR) is 71.0 cm³/mol. The third-order valence-corrected chi connectivity index (χ3v) is 3.57. The van der Waals surface area contributed by atoms with Crippen LogP contribution in [0.4, 0.5) is 0 Å². The van der Waals surface area contributed by atoms with E-state index < -0.39 is 18.1 Å². The van der Waals surface area contributed by atoms with Crippen molar-refractivity contribution in [3.8, 4) is 5.75 Å². The van der Waals surface area contributed by atoms with Crippen LogP contribution in [0, 0.1) is 0 Å². The Hall–Kier alpha value is -1.01. The van der Waals surface area contributed by atoms with Crippen LogP contribution in [-0.2, 0) is 4.79 Å². The van der Waals surface area contributed by atoms with Gasteiger partial charge in [0.2, 0.25) is 0 Å². The van der Waals surface area contributed by atoms with Crippen LogP contribution >= 0.6 is 23.2 Å². The van der Waals surface area contributed by atoms with Crippen molar-refractivity contribution in [3.05, 3.63) is 27.7 Å². The van der Waals surface area contributed by atoms with Crippen LogP contribution in [0.1, 0.15) is 11.7 Å². The number of nitrogens with zero attached hydrogens (tertiary/aromatic N) is 1. The van der Waals surface area contributed by atoms with Crippen LogP contribution in [0.3, 0.4) is 0 Å². The Morgan fingerprint density at radius 2 is 2.21 bits per heavy atom. The minimum Gasteiger partial charge on any atom is -0.490 e. The zero-order valence-corrected chi connectivity index (χ0v) is 11.6. The van der Waals surface area contributed by atoms with Crippen molar-refractivity contribution in [2.75, 3.05) is 20.2 Å². The molecule has 0 spiro atoms. The van der Waals surface area contributed by atoms with Crippen molar-refractivity contribution >= 4 is 29.2 Å². The highest BCUT2D eigenvalue weighted by Crippen LogP contribution is 2.40. The molecule has 0 aliphatic carbocycles. The van der Waals surface area contributed by atoms with Gasteiger partial charge in [-0.2, -0.15) is 0 Å². The Balaban J connectivity index is 2.28. The first-order valence-corrected chi connectivity index (χ1v) is 6.37. The molecule has 2 N–H and O–H groups in total. The quantitative estimate of drug-likeness (QED) is 0.891. The molecule has 0 fully saturated rings. The van der Waals surface area contributed by atoms with E-state index in [1.54, 1.807) is 13.1 Å². The highest BCUT2D eigenvalue weighted by Gasteiger charge is 2.34. The van der Waals surface area contributed by atoms with Crippen molar-refractivity contribution in [2.45, 2.75) is 12.1 Å². The van der Waals surface area contributed by atoms with Crippen molar-refractivity contribution in [1.82, 2.24) is 4.90 Å². The molecular formula is C12H13Cl2NO4. The largest absolute Gasteiger partial charge is 0.490 e. The van der Waals surface area contributed by atoms with Crippen LogP contribution < -0.4 is 4.74 Å². The van der Waals surface area contributed by atoms with Crippen LogP contribution in [-0.4, -0.2) is 47.3 Å². The molecule has 1 aliphatic heterocycles. The zero-order chi connectivity index (χ0) is 14.2. The van der Waals surface area contributed by atoms with E-state index in [0.29, 0.717) is 21.4 Å². The Morgan fingerprint density at radius 3 is 2.84 bits per heavy atom. The first-order chi connectivity index (χ1) is 8.90. The van der Waals surface area contributed by atoms with Gasteiger partial charge in [0.25, 0.3) is 0 Å². The molecule has 2 rings (SSSR count). The van der Waals surface area contributed by atoms with Crippen LogP contribution in [0.25, 0.3) is 0 Å². The number of carboxylic acid groups (broad SMARTS) is 1. The molecule has 0 bridgehead atoms. The summed E-state index contributed by atoms with van der Waals surface area (Å²) in [6.45, 7) is -0.0198. The second-order valence-corrected chi connectivity index (χ2v) is 5.28. The number of aliphatic hydroxyl groups excluding tert-OH is 1. The lowest BCUT2D eigenvalue weighted by atomic mass is 9.98. The van der Waals surface area contributed by atoms with Gasteiger partial charge in [0.1, 0.15) is 18.5 Å². The molecule has 2 atom stereocenters. The summed E-state index contributed by atoms with van der Waals surface area (Å²) in [7, 11) is 1.61. The van der Waals surface area contributed by atoms with Gasteiger partial charge in [0, 0.05) is 10.6 Å². The van der Waals surface area contributed by atoms with Crippen molar-refractivity contribution in [3.63, 3.8) is 0 Å². The second kappa shape index (κ2) is 5.54. The maximum Gasteiger partial charge on any atom is 0.317 e. The number of halogens is 2. The molecule has 7 heteroatoms. The van der Waals surface area contributed by atoms with Crippen molar-refractivity contribution in [2.24, 2.45) is 0 Å². The Bertz CT molecular complexity index is 509. The average Bonchev–Trinajstić information content (AvgIpc) is 2.29. The summed E-state index contributed by atoms with van der Waals surface area (Å²) in [6, 6.07) is 2.66. The molecule has 0 amide bonds. The smallest absolute Gasteiger partial charge is 0.317 e. The summed E-state index contributed by atoms with van der Waals surface area (Å²) < 4.78 is 5.51. The first-order valence-electron chi connectivity index (χ1n) is 5.62. The first kappa shape index (κ1) is 14.4. The van der Waals surface area contributed by atoms with E-state index in [4.69, 9.17) is 33.0 Å². The molecule has 0 saturated carbocycles. The molecule has 1 aliphatic rings. The Kier molecular flexibility index (Phi) is 4.20. The fourth-order valence-corrected chi connectivity index (χ4v) is 2.68. The van der Waals surface area contributed by atoms with Crippen molar-refractivity contribution in [1.29, 1.82) is 0 Å². The van der Waals surface area contributed by atoms with Gasteiger partial charge in [-0.1, -0.05) is 23.2 Å². The molecule has 0 aromatic heterocycles. The summed E-state index contributed by atoms with van der Waals surface area (Å²) in [5, 5.41) is 19.8. The molecule has 1 aromatic carbocycles. The van der Waals surface area contributed by atoms with Gasteiger partial charge in [-0.15, -0.1) is 0 Å². The number of aliphatic hydroxyl groups is 1. The molecule has 1 heterocycles. The lowest BCUT2D eigenvalue weighted by molar-refractivity contribution is -0.139. The Morgan fingerprint density at radius 1 is 1.53 bits per heavy atom. The SMILES string of the molecule is CN(CC(=O)O)C1COc2c(Cl)cc(Cl)cc2C1O. The minimum absolute atomic E-state index is 0.166. The zero-order valence-electron chi connectivity index (χ0n) is 10.1. The van der Waals surface area contributed by atoms with Crippen LogP contribution in [0.5, 0.6) is 5.75 Å². The van der Waals surface area contributed by atoms with Crippen LogP contribution in [0.15, 0.2) is 12.1 Å². The molecule has 0 radical (unpaired) electrons. The summed E-state index contributed by atoms with van der Waals surface area (Å²) in [5.41, 5.74) is 0.478. The van der Waals surface area contributed by atoms with Crippen molar-refractivity contribution < 1.29 is 19.7 Å². The summed E-state index contributed by atoms with van der Waals surface area (Å²) in [5.74, 6) is -0.567. The maximum absolute atomic E-state index is 10.7. The number of fused-ring (bicyclic) bond motifs is 1. The number of likely N-dealkylation sites (N-methyl/N-ethyl adjacent to an activating group) is 1. The lowest BCUT2D eigenvalue weighted by Crippen LogP contribution is -2.45. The molecule has 1 aromatic rings. The summed E-state index contributed by atoms with van der Waals surface area (Å²) >= 11 is 11.9. The lowest BCUT2D eigenvalue weighted by Gasteiger charge is -2.35. The maximum atomic E-state index is 10.7. The highest BCUT2D eigenvalue weighted by molar-refractivity contribution is 6.35. The predicted octanol–water partition coefficient (Wildman–Crippen LogP) is 1.80. The van der Waals surface area contributed by atoms with E-state index in [0.717, 1.165) is 0 Å². The monoisotopic (exact) mass is 305 g/mol. The van der Waals surface area contributed by atoms with E-state index in [1.807, 2.05) is 0 Å². The van der Waals surface area contributed by atoms with Gasteiger partial charge < -0.3 is 14.9 Å². The topological polar surface area (TPSA) is 70.0 Å². The number of rotatable bonds is 3. The van der Waals surface area contributed by atoms with Gasteiger partial charge in [0.05, 0.1) is 17.6 Å². The van der Waals surface area contributed by atoms with Gasteiger partial charge in [-0.3, -0.25) is 9.69 Å². The number of carboxylic acids is 1. The third kappa shape index (κ3) is 2.95.